The van der Waals surface area contributed by atoms with E-state index < -0.39 is 0 Å². The second-order valence-corrected chi connectivity index (χ2v) is 3.97. The van der Waals surface area contributed by atoms with Crippen molar-refractivity contribution in [3.05, 3.63) is 0 Å². The van der Waals surface area contributed by atoms with E-state index in [0.717, 1.165) is 0 Å². The summed E-state index contributed by atoms with van der Waals surface area (Å²) < 4.78 is 4.95. The fourth-order valence-electron chi connectivity index (χ4n) is 0.610. The van der Waals surface area contributed by atoms with E-state index in [2.05, 4.69) is 26.1 Å². The first-order valence-electron chi connectivity index (χ1n) is 4.30. The van der Waals surface area contributed by atoms with Gasteiger partial charge in [0.2, 0.25) is 5.91 Å². The summed E-state index contributed by atoms with van der Waals surface area (Å²) >= 11 is 0. The predicted molar refractivity (Wildman–Crippen MR) is 49.0 cm³/mol. The van der Waals surface area contributed by atoms with Crippen LogP contribution in [0.5, 0.6) is 0 Å². The number of carbonyl (C=O) groups excluding carboxylic acids is 1. The molecular weight excluding hydrogens is 154 g/mol. The summed E-state index contributed by atoms with van der Waals surface area (Å²) in [5, 5.41) is 2.79. The highest BCUT2D eigenvalue weighted by molar-refractivity contribution is 5.77. The van der Waals surface area contributed by atoms with E-state index in [1.165, 1.54) is 0 Å². The minimum absolute atomic E-state index is 0.0354. The summed E-state index contributed by atoms with van der Waals surface area (Å²) in [6.45, 7) is 9.56. The van der Waals surface area contributed by atoms with Crippen LogP contribution in [0.2, 0.25) is 0 Å². The van der Waals surface area contributed by atoms with Crippen LogP contribution in [0.25, 0.3) is 0 Å². The SMILES string of the molecule is CCOCC(=O)NCC(C)(C)C. The number of hydrogen-bond donors (Lipinski definition) is 1. The van der Waals surface area contributed by atoms with E-state index in [4.69, 9.17) is 4.74 Å². The average Bonchev–Trinajstić information content (AvgIpc) is 1.95. The third-order valence-electron chi connectivity index (χ3n) is 1.25. The lowest BCUT2D eigenvalue weighted by atomic mass is 9.97. The van der Waals surface area contributed by atoms with Crippen molar-refractivity contribution >= 4 is 5.91 Å². The second-order valence-electron chi connectivity index (χ2n) is 3.97. The van der Waals surface area contributed by atoms with Gasteiger partial charge in [-0.2, -0.15) is 0 Å². The highest BCUT2D eigenvalue weighted by Gasteiger charge is 2.11. The van der Waals surface area contributed by atoms with E-state index >= 15 is 0 Å². The second kappa shape index (κ2) is 5.14. The molecule has 0 heterocycles. The van der Waals surface area contributed by atoms with Crippen LogP contribution in [0, 0.1) is 5.41 Å². The van der Waals surface area contributed by atoms with Gasteiger partial charge in [0, 0.05) is 13.2 Å². The Balaban J connectivity index is 3.44. The lowest BCUT2D eigenvalue weighted by Gasteiger charge is -2.18. The number of amides is 1. The molecule has 1 N–H and O–H groups in total. The van der Waals surface area contributed by atoms with Crippen molar-refractivity contribution in [3.8, 4) is 0 Å². The van der Waals surface area contributed by atoms with E-state index in [-0.39, 0.29) is 17.9 Å². The molecule has 0 aliphatic rings. The minimum atomic E-state index is -0.0354. The van der Waals surface area contributed by atoms with Crippen LogP contribution >= 0.6 is 0 Å². The summed E-state index contributed by atoms with van der Waals surface area (Å²) in [5.41, 5.74) is 0.141. The van der Waals surface area contributed by atoms with Crippen LogP contribution in [0.15, 0.2) is 0 Å². The van der Waals surface area contributed by atoms with Crippen LogP contribution in [0.3, 0.4) is 0 Å². The number of carbonyl (C=O) groups is 1. The minimum Gasteiger partial charge on any atom is -0.372 e. The van der Waals surface area contributed by atoms with Crippen molar-refractivity contribution < 1.29 is 9.53 Å². The Morgan fingerprint density at radius 3 is 2.42 bits per heavy atom. The van der Waals surface area contributed by atoms with Crippen molar-refractivity contribution in [1.29, 1.82) is 0 Å². The Labute approximate surface area is 74.5 Å². The van der Waals surface area contributed by atoms with Crippen molar-refractivity contribution in [2.75, 3.05) is 19.8 Å². The van der Waals surface area contributed by atoms with Crippen LogP contribution < -0.4 is 5.32 Å². The third kappa shape index (κ3) is 7.54. The van der Waals surface area contributed by atoms with Gasteiger partial charge in [-0.3, -0.25) is 4.79 Å². The molecule has 0 saturated heterocycles. The summed E-state index contributed by atoms with van der Waals surface area (Å²) in [7, 11) is 0. The molecule has 0 rings (SSSR count). The molecule has 0 bridgehead atoms. The molecule has 0 aromatic rings. The fraction of sp³-hybridized carbons (Fsp3) is 0.889. The molecule has 3 heteroatoms. The zero-order chi connectivity index (χ0) is 9.61. The molecule has 0 aromatic carbocycles. The molecule has 1 amide bonds. The smallest absolute Gasteiger partial charge is 0.246 e. The van der Waals surface area contributed by atoms with E-state index in [9.17, 15) is 4.79 Å². The van der Waals surface area contributed by atoms with Crippen LogP contribution in [0.4, 0.5) is 0 Å². The van der Waals surface area contributed by atoms with Gasteiger partial charge < -0.3 is 10.1 Å². The molecule has 0 unspecified atom stereocenters. The maximum Gasteiger partial charge on any atom is 0.246 e. The first-order chi connectivity index (χ1) is 5.45. The van der Waals surface area contributed by atoms with E-state index in [0.29, 0.717) is 13.2 Å². The highest BCUT2D eigenvalue weighted by atomic mass is 16.5. The topological polar surface area (TPSA) is 38.3 Å². The predicted octanol–water partition coefficient (Wildman–Crippen LogP) is 1.19. The van der Waals surface area contributed by atoms with Crippen molar-refractivity contribution in [1.82, 2.24) is 5.32 Å². The Morgan fingerprint density at radius 2 is 2.00 bits per heavy atom. The molecule has 0 atom stereocenters. The molecule has 72 valence electrons. The Kier molecular flexibility index (Phi) is 4.90. The Bertz CT molecular complexity index is 138. The maximum absolute atomic E-state index is 11.0. The molecule has 0 radical (unpaired) electrons. The molecule has 0 fully saturated rings. The molecule has 0 aliphatic heterocycles. The first-order valence-corrected chi connectivity index (χ1v) is 4.30. The van der Waals surface area contributed by atoms with Gasteiger partial charge in [-0.05, 0) is 12.3 Å². The number of hydrogen-bond acceptors (Lipinski definition) is 2. The summed E-state index contributed by atoms with van der Waals surface area (Å²) in [4.78, 5) is 11.0. The number of nitrogens with one attached hydrogen (secondary N) is 1. The summed E-state index contributed by atoms with van der Waals surface area (Å²) in [6, 6.07) is 0. The van der Waals surface area contributed by atoms with Crippen molar-refractivity contribution in [3.63, 3.8) is 0 Å². The zero-order valence-electron chi connectivity index (χ0n) is 8.44. The zero-order valence-corrected chi connectivity index (χ0v) is 8.44. The van der Waals surface area contributed by atoms with Gasteiger partial charge in [-0.1, -0.05) is 20.8 Å². The standard InChI is InChI=1S/C9H19NO2/c1-5-12-6-8(11)10-7-9(2,3)4/h5-7H2,1-4H3,(H,10,11). The molecule has 0 aliphatic carbocycles. The molecular formula is C9H19NO2. The van der Waals surface area contributed by atoms with Gasteiger partial charge >= 0.3 is 0 Å². The lowest BCUT2D eigenvalue weighted by molar-refractivity contribution is -0.125. The van der Waals surface area contributed by atoms with Gasteiger partial charge in [0.15, 0.2) is 0 Å². The monoisotopic (exact) mass is 173 g/mol. The molecule has 12 heavy (non-hydrogen) atoms. The summed E-state index contributed by atoms with van der Waals surface area (Å²) in [6.07, 6.45) is 0. The van der Waals surface area contributed by atoms with Crippen LogP contribution in [0.1, 0.15) is 27.7 Å². The number of rotatable bonds is 4. The Morgan fingerprint density at radius 1 is 1.42 bits per heavy atom. The van der Waals surface area contributed by atoms with Gasteiger partial charge in [0.05, 0.1) is 0 Å². The molecule has 0 spiro atoms. The van der Waals surface area contributed by atoms with Crippen molar-refractivity contribution in [2.45, 2.75) is 27.7 Å². The fourth-order valence-corrected chi connectivity index (χ4v) is 0.610. The molecule has 0 saturated carbocycles. The van der Waals surface area contributed by atoms with Gasteiger partial charge in [-0.15, -0.1) is 0 Å². The first kappa shape index (κ1) is 11.4. The van der Waals surface area contributed by atoms with Gasteiger partial charge in [0.25, 0.3) is 0 Å². The van der Waals surface area contributed by atoms with E-state index in [1.807, 2.05) is 6.92 Å². The quantitative estimate of drug-likeness (QED) is 0.693. The summed E-state index contributed by atoms with van der Waals surface area (Å²) in [5.74, 6) is -0.0354. The molecule has 0 aromatic heterocycles. The Hall–Kier alpha value is -0.570. The highest BCUT2D eigenvalue weighted by Crippen LogP contribution is 2.09. The van der Waals surface area contributed by atoms with Crippen molar-refractivity contribution in [2.24, 2.45) is 5.41 Å². The number of ether oxygens (including phenoxy) is 1. The largest absolute Gasteiger partial charge is 0.372 e. The van der Waals surface area contributed by atoms with Gasteiger partial charge in [0.1, 0.15) is 6.61 Å². The maximum atomic E-state index is 11.0. The van der Waals surface area contributed by atoms with Crippen LogP contribution in [-0.2, 0) is 9.53 Å². The van der Waals surface area contributed by atoms with E-state index in [1.54, 1.807) is 0 Å². The van der Waals surface area contributed by atoms with Crippen LogP contribution in [-0.4, -0.2) is 25.7 Å². The lowest BCUT2D eigenvalue weighted by Crippen LogP contribution is -2.34. The average molecular weight is 173 g/mol. The normalized spacial score (nSPS) is 11.3. The third-order valence-corrected chi connectivity index (χ3v) is 1.25. The van der Waals surface area contributed by atoms with Gasteiger partial charge in [-0.25, -0.2) is 0 Å². The molecule has 3 nitrogen and oxygen atoms in total.